The number of Topliss-reactive ketones (excluding diaryl/α,β-unsaturated/α-hetero) is 1. The van der Waals surface area contributed by atoms with Crippen molar-refractivity contribution in [1.29, 1.82) is 0 Å². The van der Waals surface area contributed by atoms with E-state index in [1.54, 1.807) is 6.07 Å². The number of rotatable bonds is 3. The average molecular weight is 238 g/mol. The normalized spacial score (nSPS) is 12.7. The van der Waals surface area contributed by atoms with Crippen LogP contribution in [-0.4, -0.2) is 29.3 Å². The Hall–Kier alpha value is -0.240. The van der Waals surface area contributed by atoms with Gasteiger partial charge in [-0.2, -0.15) is 0 Å². The van der Waals surface area contributed by atoms with Crippen LogP contribution in [0, 0.1) is 0 Å². The third kappa shape index (κ3) is 4.02. The van der Waals surface area contributed by atoms with Gasteiger partial charge in [0, 0.05) is 5.56 Å². The number of carbonyl (C=O) groups excluding carboxylic acids is 1. The van der Waals surface area contributed by atoms with E-state index < -0.39 is 21.3 Å². The van der Waals surface area contributed by atoms with E-state index in [-0.39, 0.29) is 35.1 Å². The van der Waals surface area contributed by atoms with Crippen molar-refractivity contribution in [2.24, 2.45) is 0 Å². The first-order chi connectivity index (χ1) is 6.43. The molecule has 1 N–H and O–H groups in total. The van der Waals surface area contributed by atoms with E-state index in [1.165, 1.54) is 24.3 Å². The number of benzene rings is 1. The molecule has 15 heavy (non-hydrogen) atoms. The maximum atomic E-state index is 11.2. The van der Waals surface area contributed by atoms with E-state index in [0.717, 1.165) is 0 Å². The van der Waals surface area contributed by atoms with Gasteiger partial charge in [-0.3, -0.25) is 4.79 Å². The molecule has 0 bridgehead atoms. The Morgan fingerprint density at radius 1 is 1.27 bits per heavy atom. The molecule has 0 amide bonds. The van der Waals surface area contributed by atoms with Crippen LogP contribution in [-0.2, 0) is 10.1 Å². The van der Waals surface area contributed by atoms with E-state index in [9.17, 15) is 17.8 Å². The van der Waals surface area contributed by atoms with Crippen LogP contribution < -0.4 is 29.6 Å². The summed E-state index contributed by atoms with van der Waals surface area (Å²) >= 11 is 0. The summed E-state index contributed by atoms with van der Waals surface area (Å²) in [6, 6.07) is 7.25. The molecule has 0 aliphatic rings. The Bertz CT molecular complexity index is 428. The van der Waals surface area contributed by atoms with E-state index in [2.05, 4.69) is 0 Å². The minimum Gasteiger partial charge on any atom is -0.746 e. The third-order valence-electron chi connectivity index (χ3n) is 1.56. The molecule has 76 valence electrons. The molecule has 7 heteroatoms. The van der Waals surface area contributed by atoms with Gasteiger partial charge in [0.25, 0.3) is 0 Å². The largest absolute Gasteiger partial charge is 1.00 e. The summed E-state index contributed by atoms with van der Waals surface area (Å²) in [5.74, 6) is -1.11. The predicted octanol–water partition coefficient (Wildman–Crippen LogP) is -3.26. The van der Waals surface area contributed by atoms with E-state index in [0.29, 0.717) is 0 Å². The fourth-order valence-corrected chi connectivity index (χ4v) is 1.27. The molecule has 0 fully saturated rings. The fourth-order valence-electron chi connectivity index (χ4n) is 0.876. The van der Waals surface area contributed by atoms with Crippen LogP contribution in [0.15, 0.2) is 30.3 Å². The van der Waals surface area contributed by atoms with Gasteiger partial charge in [0.05, 0.1) is 0 Å². The first-order valence-corrected chi connectivity index (χ1v) is 5.12. The Morgan fingerprint density at radius 2 is 1.73 bits per heavy atom. The summed E-state index contributed by atoms with van der Waals surface area (Å²) < 4.78 is 31.0. The van der Waals surface area contributed by atoms with Crippen LogP contribution >= 0.6 is 0 Å². The second-order valence-corrected chi connectivity index (χ2v) is 4.01. The van der Waals surface area contributed by atoms with Crippen molar-refractivity contribution < 1.29 is 52.4 Å². The van der Waals surface area contributed by atoms with Gasteiger partial charge in [0.1, 0.15) is 10.1 Å². The maximum Gasteiger partial charge on any atom is 1.00 e. The number of hydrogen-bond acceptors (Lipinski definition) is 5. The van der Waals surface area contributed by atoms with E-state index >= 15 is 0 Å². The van der Waals surface area contributed by atoms with Crippen LogP contribution in [0.5, 0.6) is 0 Å². The number of aliphatic hydroxyl groups is 1. The van der Waals surface area contributed by atoms with Crippen LogP contribution in [0.1, 0.15) is 10.4 Å². The second-order valence-electron chi connectivity index (χ2n) is 2.58. The molecule has 1 aromatic carbocycles. The van der Waals surface area contributed by atoms with Crippen molar-refractivity contribution in [2.45, 2.75) is 5.44 Å². The van der Waals surface area contributed by atoms with Gasteiger partial charge in [0.15, 0.2) is 0 Å². The molecule has 0 heterocycles. The molecule has 1 aromatic rings. The Morgan fingerprint density at radius 3 is 2.13 bits per heavy atom. The van der Waals surface area contributed by atoms with Gasteiger partial charge < -0.3 is 9.66 Å². The maximum absolute atomic E-state index is 11.2. The van der Waals surface area contributed by atoms with E-state index in [1.807, 2.05) is 0 Å². The molecular weight excluding hydrogens is 231 g/mol. The van der Waals surface area contributed by atoms with Gasteiger partial charge in [-0.15, -0.1) is 0 Å². The molecule has 1 atom stereocenters. The molecular formula is C8H7NaO5S. The monoisotopic (exact) mass is 238 g/mol. The minimum atomic E-state index is -4.99. The third-order valence-corrected chi connectivity index (χ3v) is 2.32. The van der Waals surface area contributed by atoms with Crippen molar-refractivity contribution >= 4 is 15.9 Å². The summed E-state index contributed by atoms with van der Waals surface area (Å²) in [6.45, 7) is 0. The van der Waals surface area contributed by atoms with Gasteiger partial charge in [0.2, 0.25) is 11.2 Å². The van der Waals surface area contributed by atoms with Crippen molar-refractivity contribution in [1.82, 2.24) is 0 Å². The summed E-state index contributed by atoms with van der Waals surface area (Å²) in [5, 5.41) is 8.86. The molecule has 5 nitrogen and oxygen atoms in total. The quantitative estimate of drug-likeness (QED) is 0.339. The van der Waals surface area contributed by atoms with Gasteiger partial charge in [-0.05, 0) is 0 Å². The number of carbonyl (C=O) groups is 1. The molecule has 0 aromatic heterocycles. The number of hydrogen-bond donors (Lipinski definition) is 1. The van der Waals surface area contributed by atoms with Gasteiger partial charge >= 0.3 is 29.6 Å². The fraction of sp³-hybridized carbons (Fsp3) is 0.125. The summed E-state index contributed by atoms with van der Waals surface area (Å²) in [6.07, 6.45) is 0. The molecule has 0 aliphatic carbocycles. The number of ketones is 1. The van der Waals surface area contributed by atoms with Crippen molar-refractivity contribution in [3.05, 3.63) is 35.9 Å². The summed E-state index contributed by atoms with van der Waals surface area (Å²) in [4.78, 5) is 11.2. The second kappa shape index (κ2) is 5.74. The molecule has 0 spiro atoms. The first-order valence-electron chi connectivity index (χ1n) is 3.65. The van der Waals surface area contributed by atoms with Crippen molar-refractivity contribution in [3.63, 3.8) is 0 Å². The standard InChI is InChI=1S/C8H8O5S.Na/c9-7(8(10)14(11,12)13)6-4-2-1-3-5-6;/h1-5,8,10H,(H,11,12,13);/q;+1/p-1. The Labute approximate surface area is 109 Å². The Balaban J connectivity index is 0.00000196. The SMILES string of the molecule is O=C(c1ccccc1)C(O)S(=O)(=O)[O-].[Na+]. The molecule has 0 saturated carbocycles. The minimum absolute atomic E-state index is 0. The average Bonchev–Trinajstić information content (AvgIpc) is 2.15. The number of aliphatic hydroxyl groups excluding tert-OH is 1. The van der Waals surface area contributed by atoms with E-state index in [4.69, 9.17) is 5.11 Å². The zero-order valence-electron chi connectivity index (χ0n) is 7.95. The first kappa shape index (κ1) is 14.8. The zero-order valence-corrected chi connectivity index (χ0v) is 10.8. The zero-order chi connectivity index (χ0) is 10.8. The molecule has 0 aliphatic heterocycles. The summed E-state index contributed by atoms with van der Waals surface area (Å²) in [7, 11) is -4.99. The van der Waals surface area contributed by atoms with Crippen LogP contribution in [0.2, 0.25) is 0 Å². The topological polar surface area (TPSA) is 94.5 Å². The van der Waals surface area contributed by atoms with Crippen molar-refractivity contribution in [3.8, 4) is 0 Å². The molecule has 0 radical (unpaired) electrons. The molecule has 1 unspecified atom stereocenters. The molecule has 0 saturated heterocycles. The Kier molecular flexibility index (Phi) is 5.65. The van der Waals surface area contributed by atoms with Crippen LogP contribution in [0.25, 0.3) is 0 Å². The summed E-state index contributed by atoms with van der Waals surface area (Å²) in [5.41, 5.74) is -2.54. The van der Waals surface area contributed by atoms with Crippen LogP contribution in [0.3, 0.4) is 0 Å². The predicted molar refractivity (Wildman–Crippen MR) is 46.5 cm³/mol. The smallest absolute Gasteiger partial charge is 0.746 e. The van der Waals surface area contributed by atoms with Crippen LogP contribution in [0.4, 0.5) is 0 Å². The van der Waals surface area contributed by atoms with Gasteiger partial charge in [-0.1, -0.05) is 30.3 Å². The van der Waals surface area contributed by atoms with Crippen molar-refractivity contribution in [2.75, 3.05) is 0 Å². The van der Waals surface area contributed by atoms with Gasteiger partial charge in [-0.25, -0.2) is 8.42 Å². The molecule has 1 rings (SSSR count).